The molecule has 1 atom stereocenters. The molecule has 0 saturated carbocycles. The van der Waals surface area contributed by atoms with Gasteiger partial charge in [0.25, 0.3) is 0 Å². The van der Waals surface area contributed by atoms with E-state index in [1.165, 1.54) is 11.8 Å². The summed E-state index contributed by atoms with van der Waals surface area (Å²) < 4.78 is -0.102. The Bertz CT molecular complexity index is 439. The van der Waals surface area contributed by atoms with Gasteiger partial charge < -0.3 is 0 Å². The molecule has 0 radical (unpaired) electrons. The summed E-state index contributed by atoms with van der Waals surface area (Å²) in [6.07, 6.45) is 1.79. The molecule has 0 N–H and O–H groups in total. The molecule has 0 amide bonds. The summed E-state index contributed by atoms with van der Waals surface area (Å²) in [5.74, 6) is 0. The molecule has 0 spiro atoms. The minimum Gasteiger partial charge on any atom is -0.284 e. The van der Waals surface area contributed by atoms with Gasteiger partial charge in [0.05, 0.1) is 4.75 Å². The maximum absolute atomic E-state index is 11.6. The van der Waals surface area contributed by atoms with Gasteiger partial charge in [-0.05, 0) is 26.3 Å². The molecule has 1 aliphatic rings. The van der Waals surface area contributed by atoms with Crippen molar-refractivity contribution < 1.29 is 4.79 Å². The Morgan fingerprint density at radius 1 is 1.19 bits per heavy atom. The van der Waals surface area contributed by atoms with Crippen LogP contribution in [0.25, 0.3) is 0 Å². The molecule has 0 aromatic heterocycles. The summed E-state index contributed by atoms with van der Waals surface area (Å²) >= 11 is 1.38. The van der Waals surface area contributed by atoms with E-state index >= 15 is 0 Å². The van der Waals surface area contributed by atoms with E-state index in [2.05, 4.69) is 18.8 Å². The van der Waals surface area contributed by atoms with Crippen LogP contribution in [0.15, 0.2) is 35.3 Å². The topological polar surface area (TPSA) is 29.4 Å². The number of nitrogens with zero attached hydrogens (tertiary/aromatic N) is 1. The number of carbonyl (C=O) groups excluding carboxylic acids is 1. The summed E-state index contributed by atoms with van der Waals surface area (Å²) in [5.41, 5.74) is 0.456. The summed E-state index contributed by atoms with van der Waals surface area (Å²) in [6, 6.07) is 9.86. The predicted molar refractivity (Wildman–Crippen MR) is 69.1 cm³/mol. The second kappa shape index (κ2) is 3.74. The normalized spacial score (nSPS) is 28.1. The van der Waals surface area contributed by atoms with Gasteiger partial charge in [-0.3, -0.25) is 9.79 Å². The Kier molecular flexibility index (Phi) is 2.66. The third-order valence-corrected chi connectivity index (χ3v) is 4.68. The molecular weight excluding hydrogens is 218 g/mol. The molecule has 2 nitrogen and oxygen atoms in total. The average Bonchev–Trinajstić information content (AvgIpc) is 2.26. The third kappa shape index (κ3) is 1.69. The minimum atomic E-state index is -0.576. The van der Waals surface area contributed by atoms with Crippen LogP contribution in [0.5, 0.6) is 0 Å². The highest BCUT2D eigenvalue weighted by Gasteiger charge is 2.58. The number of rotatable bonds is 2. The van der Waals surface area contributed by atoms with Gasteiger partial charge in [0.2, 0.25) is 5.12 Å². The largest absolute Gasteiger partial charge is 0.284 e. The zero-order valence-electron chi connectivity index (χ0n) is 9.73. The van der Waals surface area contributed by atoms with Crippen LogP contribution in [-0.4, -0.2) is 21.6 Å². The van der Waals surface area contributed by atoms with Gasteiger partial charge in [0.15, 0.2) is 0 Å². The first kappa shape index (κ1) is 11.4. The fraction of sp³-hybridized carbons (Fsp3) is 0.385. The molecule has 1 aromatic carbocycles. The molecule has 1 aliphatic heterocycles. The molecule has 16 heavy (non-hydrogen) atoms. The zero-order chi connectivity index (χ0) is 11.8. The van der Waals surface area contributed by atoms with Crippen molar-refractivity contribution in [3.63, 3.8) is 0 Å². The molecule has 0 bridgehead atoms. The van der Waals surface area contributed by atoms with E-state index in [9.17, 15) is 4.79 Å². The van der Waals surface area contributed by atoms with Crippen molar-refractivity contribution in [1.29, 1.82) is 0 Å². The van der Waals surface area contributed by atoms with Crippen molar-refractivity contribution >= 4 is 23.1 Å². The standard InChI is InChI=1S/C13H15NOS/c1-12(2)13(3,11(15)16-12)14-9-10-7-5-4-6-8-10/h4-9H,1-3H3. The lowest BCUT2D eigenvalue weighted by molar-refractivity contribution is -0.117. The Hall–Kier alpha value is -1.09. The molecule has 0 aliphatic carbocycles. The van der Waals surface area contributed by atoms with Gasteiger partial charge in [0.1, 0.15) is 5.54 Å². The van der Waals surface area contributed by atoms with E-state index in [1.807, 2.05) is 37.3 Å². The van der Waals surface area contributed by atoms with Gasteiger partial charge in [-0.1, -0.05) is 42.1 Å². The molecule has 1 unspecified atom stereocenters. The first-order valence-corrected chi connectivity index (χ1v) is 6.11. The highest BCUT2D eigenvalue weighted by molar-refractivity contribution is 8.17. The summed E-state index contributed by atoms with van der Waals surface area (Å²) in [6.45, 7) is 6.02. The van der Waals surface area contributed by atoms with Crippen LogP contribution in [0.3, 0.4) is 0 Å². The number of carbonyl (C=O) groups is 1. The lowest BCUT2D eigenvalue weighted by atomic mass is 9.88. The Labute approximate surface area is 100 Å². The second-order valence-electron chi connectivity index (χ2n) is 4.64. The quantitative estimate of drug-likeness (QED) is 0.735. The van der Waals surface area contributed by atoms with Crippen LogP contribution >= 0.6 is 11.8 Å². The fourth-order valence-electron chi connectivity index (χ4n) is 1.58. The maximum atomic E-state index is 11.6. The predicted octanol–water partition coefficient (Wildman–Crippen LogP) is 2.92. The fourth-order valence-corrected chi connectivity index (χ4v) is 2.74. The van der Waals surface area contributed by atoms with Crippen LogP contribution in [0, 0.1) is 0 Å². The number of hydrogen-bond acceptors (Lipinski definition) is 3. The average molecular weight is 233 g/mol. The number of aliphatic imine (C=N–C) groups is 1. The Balaban J connectivity index is 2.22. The van der Waals surface area contributed by atoms with Crippen molar-refractivity contribution in [2.24, 2.45) is 4.99 Å². The van der Waals surface area contributed by atoms with Crippen molar-refractivity contribution in [1.82, 2.24) is 0 Å². The van der Waals surface area contributed by atoms with Crippen molar-refractivity contribution in [3.05, 3.63) is 35.9 Å². The lowest BCUT2D eigenvalue weighted by Crippen LogP contribution is -2.59. The number of hydrogen-bond donors (Lipinski definition) is 0. The molecule has 84 valence electrons. The molecule has 1 saturated heterocycles. The van der Waals surface area contributed by atoms with Gasteiger partial charge >= 0.3 is 0 Å². The molecule has 1 heterocycles. The number of benzene rings is 1. The van der Waals surface area contributed by atoms with E-state index in [4.69, 9.17) is 0 Å². The van der Waals surface area contributed by atoms with Gasteiger partial charge in [-0.15, -0.1) is 0 Å². The van der Waals surface area contributed by atoms with Crippen LogP contribution in [-0.2, 0) is 4.79 Å². The third-order valence-electron chi connectivity index (χ3n) is 3.19. The highest BCUT2D eigenvalue weighted by Crippen LogP contribution is 2.51. The van der Waals surface area contributed by atoms with Crippen LogP contribution in [0.4, 0.5) is 0 Å². The maximum Gasteiger partial charge on any atom is 0.218 e. The van der Waals surface area contributed by atoms with Crippen LogP contribution in [0.2, 0.25) is 0 Å². The number of thioether (sulfide) groups is 1. The molecular formula is C13H15NOS. The molecule has 1 fully saturated rings. The first-order chi connectivity index (χ1) is 7.46. The van der Waals surface area contributed by atoms with E-state index in [0.717, 1.165) is 5.56 Å². The summed E-state index contributed by atoms with van der Waals surface area (Å²) in [7, 11) is 0. The lowest BCUT2D eigenvalue weighted by Gasteiger charge is -2.47. The summed E-state index contributed by atoms with van der Waals surface area (Å²) in [5, 5.41) is 0.157. The van der Waals surface area contributed by atoms with Gasteiger partial charge in [0, 0.05) is 6.21 Å². The highest BCUT2D eigenvalue weighted by atomic mass is 32.2. The van der Waals surface area contributed by atoms with E-state index < -0.39 is 5.54 Å². The zero-order valence-corrected chi connectivity index (χ0v) is 10.5. The van der Waals surface area contributed by atoms with Gasteiger partial charge in [-0.2, -0.15) is 0 Å². The van der Waals surface area contributed by atoms with E-state index in [0.29, 0.717) is 0 Å². The van der Waals surface area contributed by atoms with Crippen LogP contribution in [0.1, 0.15) is 26.3 Å². The first-order valence-electron chi connectivity index (χ1n) is 5.29. The SMILES string of the molecule is CC1(C)SC(=O)C1(C)N=Cc1ccccc1. The smallest absolute Gasteiger partial charge is 0.218 e. The van der Waals surface area contributed by atoms with Crippen molar-refractivity contribution in [2.45, 2.75) is 31.1 Å². The molecule has 3 heteroatoms. The van der Waals surface area contributed by atoms with Crippen LogP contribution < -0.4 is 0 Å². The minimum absolute atomic E-state index is 0.102. The monoisotopic (exact) mass is 233 g/mol. The Morgan fingerprint density at radius 3 is 2.31 bits per heavy atom. The molecule has 1 aromatic rings. The van der Waals surface area contributed by atoms with E-state index in [1.54, 1.807) is 6.21 Å². The molecule has 2 rings (SSSR count). The summed E-state index contributed by atoms with van der Waals surface area (Å²) in [4.78, 5) is 16.1. The van der Waals surface area contributed by atoms with E-state index in [-0.39, 0.29) is 9.86 Å². The second-order valence-corrected chi connectivity index (χ2v) is 6.24. The van der Waals surface area contributed by atoms with Crippen molar-refractivity contribution in [2.75, 3.05) is 0 Å². The van der Waals surface area contributed by atoms with Crippen molar-refractivity contribution in [3.8, 4) is 0 Å². The Morgan fingerprint density at radius 2 is 1.81 bits per heavy atom. The van der Waals surface area contributed by atoms with Gasteiger partial charge in [-0.25, -0.2) is 0 Å².